The van der Waals surface area contributed by atoms with E-state index in [1.165, 1.54) is 19.4 Å². The molecule has 9 nitrogen and oxygen atoms in total. The van der Waals surface area contributed by atoms with E-state index >= 15 is 4.39 Å². The number of rotatable bonds is 5. The van der Waals surface area contributed by atoms with Crippen molar-refractivity contribution in [2.24, 2.45) is 5.92 Å². The number of benzene rings is 1. The maximum Gasteiger partial charge on any atom is 1.00 e. The Morgan fingerprint density at radius 2 is 1.62 bits per heavy atom. The first-order chi connectivity index (χ1) is 22.0. The van der Waals surface area contributed by atoms with E-state index in [0.717, 1.165) is 50.2 Å². The van der Waals surface area contributed by atoms with Gasteiger partial charge in [-0.05, 0) is 68.5 Å². The number of carboxylic acid groups (broad SMARTS) is 1. The van der Waals surface area contributed by atoms with Crippen molar-refractivity contribution in [2.75, 3.05) is 31.6 Å². The van der Waals surface area contributed by atoms with Gasteiger partial charge in [0.25, 0.3) is 0 Å². The number of aromatic nitrogens is 3. The Kier molecular flexibility index (Phi) is 13.4. The SMILES string of the molecule is COc1c(N2C[C@H]3CCCN[C@H]3C2)c(F)cc2c(=O)c(C(=O)O)cn(C3CC3)c12.F[B-](F)(F)F.[Cl-].[Cu+].c1ccc(-c2ccccn2)nc1. The van der Waals surface area contributed by atoms with Gasteiger partial charge >= 0.3 is 30.3 Å². The van der Waals surface area contributed by atoms with Gasteiger partial charge in [0.05, 0.1) is 29.4 Å². The minimum atomic E-state index is -6.00. The average Bonchev–Trinajstić information content (AvgIpc) is 3.79. The number of pyridine rings is 3. The van der Waals surface area contributed by atoms with Crippen LogP contribution < -0.4 is 32.8 Å². The molecule has 3 fully saturated rings. The van der Waals surface area contributed by atoms with Gasteiger partial charge in [0.15, 0.2) is 11.6 Å². The number of anilines is 1. The standard InChI is InChI=1S/C21H24FN3O4.C10H8N2.BF4.ClH.Cu/c1-29-20-17-13(19(26)14(21(27)28)9-25(17)12-4-5-12)7-15(22)18(20)24-8-11-3-2-6-23-16(11)10-24;1-3-7-11-9(5-1)10-6-2-4-8-12-10;2-1(3,4)5;;/h7,9,11-12,16,23H,2-6,8,10H2,1H3,(H,27,28);1-8H;;1H;/q;;-1;;+1/p-1/t11-,16+;;;;/m1..../s1. The van der Waals surface area contributed by atoms with Crippen LogP contribution in [0.3, 0.4) is 0 Å². The van der Waals surface area contributed by atoms with Crippen molar-refractivity contribution in [3.63, 3.8) is 0 Å². The summed E-state index contributed by atoms with van der Waals surface area (Å²) in [6.45, 7) is 2.40. The van der Waals surface area contributed by atoms with Crippen molar-refractivity contribution < 1.29 is 65.8 Å². The minimum Gasteiger partial charge on any atom is -1.00 e. The molecule has 2 saturated heterocycles. The topological polar surface area (TPSA) is 110 Å². The minimum absolute atomic E-state index is 0. The van der Waals surface area contributed by atoms with Gasteiger partial charge in [-0.15, -0.1) is 0 Å². The number of aromatic carboxylic acids is 1. The smallest absolute Gasteiger partial charge is 1.00 e. The monoisotopic (exact) mass is 742 g/mol. The van der Waals surface area contributed by atoms with Gasteiger partial charge in [0.2, 0.25) is 5.43 Å². The molecular weight excluding hydrogens is 711 g/mol. The summed E-state index contributed by atoms with van der Waals surface area (Å²) in [6.07, 6.45) is 8.94. The van der Waals surface area contributed by atoms with Crippen LogP contribution in [0.1, 0.15) is 42.1 Å². The molecule has 7 rings (SSSR count). The summed E-state index contributed by atoms with van der Waals surface area (Å²) in [5.74, 6) is -1.07. The molecule has 3 aliphatic rings. The fourth-order valence-corrected chi connectivity index (χ4v) is 5.98. The molecule has 0 amide bonds. The predicted molar refractivity (Wildman–Crippen MR) is 164 cm³/mol. The molecule has 17 heteroatoms. The van der Waals surface area contributed by atoms with E-state index in [0.29, 0.717) is 35.5 Å². The van der Waals surface area contributed by atoms with Gasteiger partial charge in [-0.25, -0.2) is 9.18 Å². The van der Waals surface area contributed by atoms with Crippen LogP contribution in [0.2, 0.25) is 0 Å². The van der Waals surface area contributed by atoms with Crippen molar-refractivity contribution in [1.29, 1.82) is 0 Å². The zero-order valence-corrected chi connectivity index (χ0v) is 27.3. The van der Waals surface area contributed by atoms with Crippen molar-refractivity contribution in [1.82, 2.24) is 19.9 Å². The van der Waals surface area contributed by atoms with Crippen LogP contribution in [0, 0.1) is 11.7 Å². The Morgan fingerprint density at radius 3 is 2.10 bits per heavy atom. The number of halogens is 6. The molecule has 4 aromatic rings. The summed E-state index contributed by atoms with van der Waals surface area (Å²) in [7, 11) is -4.52. The van der Waals surface area contributed by atoms with Crippen molar-refractivity contribution in [3.8, 4) is 17.1 Å². The third-order valence-corrected chi connectivity index (χ3v) is 8.08. The number of methoxy groups -OCH3 is 1. The van der Waals surface area contributed by atoms with E-state index in [-0.39, 0.29) is 46.5 Å². The van der Waals surface area contributed by atoms with Crippen LogP contribution in [-0.4, -0.2) is 65.7 Å². The van der Waals surface area contributed by atoms with Crippen molar-refractivity contribution >= 4 is 29.8 Å². The van der Waals surface area contributed by atoms with Gasteiger partial charge in [-0.2, -0.15) is 0 Å². The Balaban J connectivity index is 0.000000274. The predicted octanol–water partition coefficient (Wildman–Crippen LogP) is 2.82. The maximum atomic E-state index is 15.3. The molecule has 1 aliphatic carbocycles. The van der Waals surface area contributed by atoms with Crippen LogP contribution in [0.15, 0.2) is 65.8 Å². The number of nitrogens with zero attached hydrogens (tertiary/aromatic N) is 4. The number of carboxylic acids is 1. The third-order valence-electron chi connectivity index (χ3n) is 8.08. The Labute approximate surface area is 289 Å². The zero-order valence-electron chi connectivity index (χ0n) is 25.6. The second-order valence-corrected chi connectivity index (χ2v) is 11.2. The van der Waals surface area contributed by atoms with Gasteiger partial charge in [-0.3, -0.25) is 14.8 Å². The molecule has 5 heterocycles. The van der Waals surface area contributed by atoms with Crippen LogP contribution in [-0.2, 0) is 17.1 Å². The number of nitrogens with one attached hydrogen (secondary N) is 1. The fourth-order valence-electron chi connectivity index (χ4n) is 5.98. The fraction of sp³-hybridized carbons (Fsp3) is 0.355. The van der Waals surface area contributed by atoms with Crippen LogP contribution >= 0.6 is 0 Å². The quantitative estimate of drug-likeness (QED) is 0.238. The molecule has 1 aromatic carbocycles. The molecule has 0 bridgehead atoms. The Bertz CT molecular complexity index is 1700. The van der Waals surface area contributed by atoms with E-state index in [4.69, 9.17) is 4.74 Å². The van der Waals surface area contributed by atoms with Crippen LogP contribution in [0.25, 0.3) is 22.3 Å². The molecule has 3 aromatic heterocycles. The molecule has 48 heavy (non-hydrogen) atoms. The summed E-state index contributed by atoms with van der Waals surface area (Å²) >= 11 is 0. The van der Waals surface area contributed by atoms with E-state index in [1.807, 2.05) is 41.3 Å². The molecule has 2 aliphatic heterocycles. The second-order valence-electron chi connectivity index (χ2n) is 11.2. The summed E-state index contributed by atoms with van der Waals surface area (Å²) in [5, 5.41) is 13.0. The average molecular weight is 743 g/mol. The van der Waals surface area contributed by atoms with Gasteiger partial charge in [-0.1, -0.05) is 12.1 Å². The molecule has 0 unspecified atom stereocenters. The van der Waals surface area contributed by atoms with Gasteiger partial charge < -0.3 is 54.3 Å². The molecule has 2 N–H and O–H groups in total. The van der Waals surface area contributed by atoms with Crippen LogP contribution in [0.4, 0.5) is 27.3 Å². The maximum absolute atomic E-state index is 15.3. The van der Waals surface area contributed by atoms with E-state index in [2.05, 4.69) is 15.3 Å². The van der Waals surface area contributed by atoms with E-state index in [1.54, 1.807) is 17.0 Å². The molecule has 1 saturated carbocycles. The number of hydrogen-bond donors (Lipinski definition) is 2. The first kappa shape index (κ1) is 38.7. The number of piperidine rings is 1. The summed E-state index contributed by atoms with van der Waals surface area (Å²) in [6, 6.07) is 13.2. The van der Waals surface area contributed by atoms with Gasteiger partial charge in [0, 0.05) is 43.8 Å². The van der Waals surface area contributed by atoms with Crippen molar-refractivity contribution in [2.45, 2.75) is 37.8 Å². The summed E-state index contributed by atoms with van der Waals surface area (Å²) in [4.78, 5) is 34.7. The summed E-state index contributed by atoms with van der Waals surface area (Å²) < 4.78 is 61.8. The third kappa shape index (κ3) is 9.25. The van der Waals surface area contributed by atoms with E-state index in [9.17, 15) is 32.0 Å². The van der Waals surface area contributed by atoms with Crippen LogP contribution in [0.5, 0.6) is 5.75 Å². The van der Waals surface area contributed by atoms with E-state index < -0.39 is 24.5 Å². The normalized spacial score (nSPS) is 18.2. The first-order valence-corrected chi connectivity index (χ1v) is 14.8. The Morgan fingerprint density at radius 1 is 1.02 bits per heavy atom. The molecule has 2 atom stereocenters. The second kappa shape index (κ2) is 16.6. The Hall–Kier alpha value is -3.72. The zero-order chi connectivity index (χ0) is 33.0. The number of hydrogen-bond acceptors (Lipinski definition) is 7. The summed E-state index contributed by atoms with van der Waals surface area (Å²) in [5.41, 5.74) is 1.67. The molecule has 0 spiro atoms. The molecule has 262 valence electrons. The molecule has 0 radical (unpaired) electrons. The number of fused-ring (bicyclic) bond motifs is 2. The van der Waals surface area contributed by atoms with Gasteiger partial charge in [0.1, 0.15) is 11.3 Å². The first-order valence-electron chi connectivity index (χ1n) is 14.8. The largest absolute Gasteiger partial charge is 1.00 e. The molecular formula is C31H32BClCuF5N5O4-. The van der Waals surface area contributed by atoms with Crippen molar-refractivity contribution in [3.05, 3.63) is 82.7 Å². The number of carbonyl (C=O) groups is 1. The number of ether oxygens (including phenoxy) is 1.